The molecule has 2 aromatic carbocycles. The van der Waals surface area contributed by atoms with Crippen LogP contribution in [0.15, 0.2) is 53.1 Å². The Morgan fingerprint density at radius 1 is 1.14 bits per heavy atom. The van der Waals surface area contributed by atoms with Crippen LogP contribution in [0.5, 0.6) is 11.5 Å². The van der Waals surface area contributed by atoms with Gasteiger partial charge in [-0.25, -0.2) is 4.39 Å². The summed E-state index contributed by atoms with van der Waals surface area (Å²) in [5.74, 6) is 1.47. The van der Waals surface area contributed by atoms with Crippen LogP contribution in [0.4, 0.5) is 15.9 Å². The second-order valence-electron chi connectivity index (χ2n) is 5.76. The predicted octanol–water partition coefficient (Wildman–Crippen LogP) is 4.66. The van der Waals surface area contributed by atoms with E-state index in [1.54, 1.807) is 55.4 Å². The third kappa shape index (κ3) is 4.79. The quantitative estimate of drug-likeness (QED) is 0.517. The Kier molecular flexibility index (Phi) is 6.48. The van der Waals surface area contributed by atoms with E-state index in [0.29, 0.717) is 39.0 Å². The molecule has 0 saturated carbocycles. The first kappa shape index (κ1) is 20.1. The number of hydrogen-bond acceptors (Lipinski definition) is 4. The Labute approximate surface area is 175 Å². The van der Waals surface area contributed by atoms with Crippen LogP contribution in [-0.2, 0) is 6.54 Å². The van der Waals surface area contributed by atoms with Crippen LogP contribution >= 0.6 is 28.1 Å². The molecule has 0 aliphatic heterocycles. The molecule has 0 bridgehead atoms. The normalized spacial score (nSPS) is 10.4. The number of hydrogen-bond donors (Lipinski definition) is 2. The highest BCUT2D eigenvalue weighted by Gasteiger charge is 2.11. The maximum atomic E-state index is 13.8. The molecule has 0 saturated heterocycles. The monoisotopic (exact) mass is 464 g/mol. The van der Waals surface area contributed by atoms with Gasteiger partial charge in [-0.1, -0.05) is 18.2 Å². The number of anilines is 2. The number of nitrogens with zero attached hydrogens (tertiary/aromatic N) is 2. The molecular formula is C19H18BrFN4O2S. The molecule has 3 rings (SSSR count). The van der Waals surface area contributed by atoms with Gasteiger partial charge in [0, 0.05) is 23.5 Å². The smallest absolute Gasteiger partial charge is 0.176 e. The number of halogens is 2. The Morgan fingerprint density at radius 3 is 2.61 bits per heavy atom. The van der Waals surface area contributed by atoms with Crippen LogP contribution in [0.1, 0.15) is 5.56 Å². The molecule has 2 N–H and O–H groups in total. The number of nitrogens with one attached hydrogen (secondary N) is 2. The van der Waals surface area contributed by atoms with E-state index < -0.39 is 0 Å². The number of benzene rings is 2. The van der Waals surface area contributed by atoms with Gasteiger partial charge >= 0.3 is 0 Å². The number of ether oxygens (including phenoxy) is 2. The molecule has 0 aliphatic rings. The average molecular weight is 465 g/mol. The third-order valence-electron chi connectivity index (χ3n) is 3.88. The van der Waals surface area contributed by atoms with Crippen molar-refractivity contribution in [3.8, 4) is 11.5 Å². The van der Waals surface area contributed by atoms with Gasteiger partial charge in [0.2, 0.25) is 0 Å². The zero-order chi connectivity index (χ0) is 20.1. The van der Waals surface area contributed by atoms with E-state index in [-0.39, 0.29) is 5.82 Å². The molecule has 0 atom stereocenters. The van der Waals surface area contributed by atoms with E-state index in [2.05, 4.69) is 31.7 Å². The lowest BCUT2D eigenvalue weighted by atomic mass is 10.2. The van der Waals surface area contributed by atoms with Gasteiger partial charge in [-0.2, -0.15) is 5.10 Å². The lowest BCUT2D eigenvalue weighted by Gasteiger charge is -2.12. The van der Waals surface area contributed by atoms with Crippen LogP contribution in [-0.4, -0.2) is 29.1 Å². The first-order valence-electron chi connectivity index (χ1n) is 8.26. The SMILES string of the molecule is COc1ccc(NC(=S)Nc2nn(Cc3ccccc3F)cc2Br)cc1OC. The van der Waals surface area contributed by atoms with Crippen molar-refractivity contribution in [1.29, 1.82) is 0 Å². The molecule has 9 heteroatoms. The fraction of sp³-hybridized carbons (Fsp3) is 0.158. The molecule has 0 aliphatic carbocycles. The van der Waals surface area contributed by atoms with Gasteiger partial charge in [-0.15, -0.1) is 0 Å². The lowest BCUT2D eigenvalue weighted by molar-refractivity contribution is 0.355. The number of thiocarbonyl (C=S) groups is 1. The highest BCUT2D eigenvalue weighted by molar-refractivity contribution is 9.10. The third-order valence-corrected chi connectivity index (χ3v) is 4.67. The van der Waals surface area contributed by atoms with Crippen molar-refractivity contribution in [2.75, 3.05) is 24.9 Å². The van der Waals surface area contributed by atoms with Crippen molar-refractivity contribution < 1.29 is 13.9 Å². The standard InChI is InChI=1S/C19H18BrFN4O2S/c1-26-16-8-7-13(9-17(16)27-2)22-19(28)23-18-14(20)11-25(24-18)10-12-5-3-4-6-15(12)21/h3-9,11H,10H2,1-2H3,(H2,22,23,24,28). The van der Waals surface area contributed by atoms with Crippen molar-refractivity contribution in [3.63, 3.8) is 0 Å². The Hall–Kier alpha value is -2.65. The maximum Gasteiger partial charge on any atom is 0.176 e. The molecule has 3 aromatic rings. The summed E-state index contributed by atoms with van der Waals surface area (Å²) in [6, 6.07) is 12.0. The summed E-state index contributed by atoms with van der Waals surface area (Å²) in [6.07, 6.45) is 1.76. The zero-order valence-electron chi connectivity index (χ0n) is 15.2. The van der Waals surface area contributed by atoms with Crippen molar-refractivity contribution >= 4 is 44.8 Å². The Morgan fingerprint density at radius 2 is 1.89 bits per heavy atom. The minimum atomic E-state index is -0.269. The molecule has 0 radical (unpaired) electrons. The van der Waals surface area contributed by atoms with E-state index in [1.807, 2.05) is 6.07 Å². The largest absolute Gasteiger partial charge is 0.493 e. The van der Waals surface area contributed by atoms with Gasteiger partial charge < -0.3 is 20.1 Å². The summed E-state index contributed by atoms with van der Waals surface area (Å²) >= 11 is 8.79. The highest BCUT2D eigenvalue weighted by Crippen LogP contribution is 2.30. The van der Waals surface area contributed by atoms with Crippen LogP contribution in [0.25, 0.3) is 0 Å². The fourth-order valence-electron chi connectivity index (χ4n) is 2.55. The van der Waals surface area contributed by atoms with Crippen molar-refractivity contribution in [3.05, 3.63) is 64.5 Å². The van der Waals surface area contributed by atoms with E-state index in [0.717, 1.165) is 5.69 Å². The summed E-state index contributed by atoms with van der Waals surface area (Å²) < 4.78 is 26.7. The van der Waals surface area contributed by atoms with Crippen LogP contribution in [0.3, 0.4) is 0 Å². The Bertz CT molecular complexity index is 996. The summed E-state index contributed by atoms with van der Waals surface area (Å²) in [5, 5.41) is 10.8. The zero-order valence-corrected chi connectivity index (χ0v) is 17.6. The van der Waals surface area contributed by atoms with Gasteiger partial charge in [0.15, 0.2) is 22.4 Å². The van der Waals surface area contributed by atoms with Crippen LogP contribution < -0.4 is 20.1 Å². The van der Waals surface area contributed by atoms with Crippen LogP contribution in [0, 0.1) is 5.82 Å². The van der Waals surface area contributed by atoms with E-state index in [9.17, 15) is 4.39 Å². The summed E-state index contributed by atoms with van der Waals surface area (Å²) in [5.41, 5.74) is 1.28. The van der Waals surface area contributed by atoms with Gasteiger partial charge in [-0.3, -0.25) is 4.68 Å². The second kappa shape index (κ2) is 9.03. The maximum absolute atomic E-state index is 13.8. The number of aromatic nitrogens is 2. The fourth-order valence-corrected chi connectivity index (χ4v) is 3.18. The first-order valence-corrected chi connectivity index (χ1v) is 9.46. The van der Waals surface area contributed by atoms with E-state index in [4.69, 9.17) is 21.7 Å². The molecule has 0 fully saturated rings. The first-order chi connectivity index (χ1) is 13.5. The summed E-state index contributed by atoms with van der Waals surface area (Å²) in [7, 11) is 3.14. The lowest BCUT2D eigenvalue weighted by Crippen LogP contribution is -2.20. The van der Waals surface area contributed by atoms with Crippen LogP contribution in [0.2, 0.25) is 0 Å². The van der Waals surface area contributed by atoms with Gasteiger partial charge in [-0.05, 0) is 46.3 Å². The summed E-state index contributed by atoms with van der Waals surface area (Å²) in [6.45, 7) is 0.308. The predicted molar refractivity (Wildman–Crippen MR) is 115 cm³/mol. The minimum Gasteiger partial charge on any atom is -0.493 e. The molecule has 28 heavy (non-hydrogen) atoms. The molecular weight excluding hydrogens is 447 g/mol. The molecule has 0 unspecified atom stereocenters. The number of rotatable bonds is 6. The van der Waals surface area contributed by atoms with E-state index >= 15 is 0 Å². The molecule has 1 aromatic heterocycles. The van der Waals surface area contributed by atoms with Gasteiger partial charge in [0.05, 0.1) is 25.2 Å². The molecule has 6 nitrogen and oxygen atoms in total. The van der Waals surface area contributed by atoms with Crippen molar-refractivity contribution in [2.45, 2.75) is 6.54 Å². The molecule has 0 spiro atoms. The van der Waals surface area contributed by atoms with E-state index in [1.165, 1.54) is 6.07 Å². The topological polar surface area (TPSA) is 60.3 Å². The Balaban J connectivity index is 1.68. The highest BCUT2D eigenvalue weighted by atomic mass is 79.9. The number of methoxy groups -OCH3 is 2. The summed E-state index contributed by atoms with van der Waals surface area (Å²) in [4.78, 5) is 0. The molecule has 0 amide bonds. The minimum absolute atomic E-state index is 0.269. The molecule has 1 heterocycles. The average Bonchev–Trinajstić information content (AvgIpc) is 3.02. The molecule has 146 valence electrons. The van der Waals surface area contributed by atoms with Gasteiger partial charge in [0.1, 0.15) is 5.82 Å². The van der Waals surface area contributed by atoms with Crippen molar-refractivity contribution in [1.82, 2.24) is 9.78 Å². The van der Waals surface area contributed by atoms with Crippen molar-refractivity contribution in [2.24, 2.45) is 0 Å². The van der Waals surface area contributed by atoms with Gasteiger partial charge in [0.25, 0.3) is 0 Å². The second-order valence-corrected chi connectivity index (χ2v) is 7.03.